The maximum atomic E-state index is 12.9. The third-order valence-electron chi connectivity index (χ3n) is 6.07. The third kappa shape index (κ3) is 5.05. The molecule has 1 aromatic carbocycles. The Balaban J connectivity index is 1.42. The first-order valence-electron chi connectivity index (χ1n) is 10.6. The number of nitrogens with zero attached hydrogens (tertiary/aromatic N) is 3. The Morgan fingerprint density at radius 3 is 2.65 bits per heavy atom. The molecule has 166 valence electrons. The van der Waals surface area contributed by atoms with Crippen LogP contribution in [0.25, 0.3) is 0 Å². The van der Waals surface area contributed by atoms with E-state index in [9.17, 15) is 9.59 Å². The first-order valence-corrected chi connectivity index (χ1v) is 11.3. The van der Waals surface area contributed by atoms with Crippen molar-refractivity contribution in [1.82, 2.24) is 20.0 Å². The smallest absolute Gasteiger partial charge is 0.311 e. The predicted octanol–water partition coefficient (Wildman–Crippen LogP) is 3.56. The van der Waals surface area contributed by atoms with Crippen LogP contribution >= 0.6 is 23.2 Å². The molecule has 0 bridgehead atoms. The van der Waals surface area contributed by atoms with E-state index >= 15 is 0 Å². The normalized spacial score (nSPS) is 20.6. The predicted molar refractivity (Wildman–Crippen MR) is 118 cm³/mol. The largest absolute Gasteiger partial charge is 0.381 e. The summed E-state index contributed by atoms with van der Waals surface area (Å²) in [6.45, 7) is 4.15. The van der Waals surface area contributed by atoms with E-state index < -0.39 is 17.9 Å². The fourth-order valence-corrected chi connectivity index (χ4v) is 4.75. The molecule has 4 rings (SSSR count). The molecule has 0 spiro atoms. The summed E-state index contributed by atoms with van der Waals surface area (Å²) in [6, 6.07) is 4.96. The zero-order chi connectivity index (χ0) is 22.0. The van der Waals surface area contributed by atoms with Gasteiger partial charge in [0.25, 0.3) is 0 Å². The Kier molecular flexibility index (Phi) is 6.84. The van der Waals surface area contributed by atoms with Gasteiger partial charge in [-0.1, -0.05) is 23.2 Å². The minimum absolute atomic E-state index is 0.0292. The van der Waals surface area contributed by atoms with E-state index in [1.807, 2.05) is 24.0 Å². The van der Waals surface area contributed by atoms with Crippen LogP contribution in [0.1, 0.15) is 42.5 Å². The lowest BCUT2D eigenvalue weighted by molar-refractivity contribution is -0.147. The van der Waals surface area contributed by atoms with Crippen LogP contribution in [0.4, 0.5) is 0 Å². The number of aryl methyl sites for hydroxylation is 1. The first kappa shape index (κ1) is 22.1. The number of carbonyl (C=O) groups excluding carboxylic acids is 2. The Morgan fingerprint density at radius 2 is 2.00 bits per heavy atom. The van der Waals surface area contributed by atoms with Gasteiger partial charge in [0.15, 0.2) is 0 Å². The number of benzene rings is 1. The number of hydrogen-bond donors (Lipinski definition) is 1. The molecule has 2 atom stereocenters. The molecular formula is C22H26Cl2N4O3. The van der Waals surface area contributed by atoms with Crippen LogP contribution in [-0.2, 0) is 14.3 Å². The number of rotatable bonds is 4. The van der Waals surface area contributed by atoms with Crippen LogP contribution in [0.15, 0.2) is 30.6 Å². The van der Waals surface area contributed by atoms with Gasteiger partial charge in [0, 0.05) is 41.9 Å². The van der Waals surface area contributed by atoms with Gasteiger partial charge in [-0.25, -0.2) is 0 Å². The second-order valence-corrected chi connectivity index (χ2v) is 9.11. The molecule has 2 aliphatic rings. The van der Waals surface area contributed by atoms with E-state index in [1.54, 1.807) is 23.1 Å². The fourth-order valence-electron chi connectivity index (χ4n) is 4.33. The number of likely N-dealkylation sites (tertiary alicyclic amines) is 1. The van der Waals surface area contributed by atoms with Gasteiger partial charge < -0.3 is 15.0 Å². The molecule has 2 unspecified atom stereocenters. The second kappa shape index (κ2) is 9.59. The van der Waals surface area contributed by atoms with E-state index in [1.165, 1.54) is 0 Å². The molecule has 1 aromatic heterocycles. The first-order chi connectivity index (χ1) is 14.9. The van der Waals surface area contributed by atoms with Gasteiger partial charge in [0.1, 0.15) is 0 Å². The summed E-state index contributed by atoms with van der Waals surface area (Å²) >= 11 is 12.6. The Labute approximate surface area is 191 Å². The summed E-state index contributed by atoms with van der Waals surface area (Å²) in [5, 5.41) is 8.32. The Morgan fingerprint density at radius 1 is 1.23 bits per heavy atom. The number of hydrogen-bond acceptors (Lipinski definition) is 4. The van der Waals surface area contributed by atoms with Crippen molar-refractivity contribution in [3.63, 3.8) is 0 Å². The SMILES string of the molecule is Cc1cnn(C2CCN(C(=O)C(=O)NC(c3cc(Cl)ccc3Cl)C3CCOC3)CC2)c1. The zero-order valence-corrected chi connectivity index (χ0v) is 18.9. The minimum Gasteiger partial charge on any atom is -0.381 e. The van der Waals surface area contributed by atoms with Gasteiger partial charge in [0.05, 0.1) is 24.9 Å². The van der Waals surface area contributed by atoms with Gasteiger partial charge in [-0.2, -0.15) is 5.10 Å². The van der Waals surface area contributed by atoms with Gasteiger partial charge in [-0.05, 0) is 55.5 Å². The highest BCUT2D eigenvalue weighted by Crippen LogP contribution is 2.34. The van der Waals surface area contributed by atoms with Crippen LogP contribution in [0.3, 0.4) is 0 Å². The van der Waals surface area contributed by atoms with Crippen molar-refractivity contribution in [3.05, 3.63) is 51.8 Å². The molecule has 1 N–H and O–H groups in total. The van der Waals surface area contributed by atoms with Crippen molar-refractivity contribution >= 4 is 35.0 Å². The number of halogens is 2. The molecule has 9 heteroatoms. The van der Waals surface area contributed by atoms with Gasteiger partial charge >= 0.3 is 11.8 Å². The monoisotopic (exact) mass is 464 g/mol. The summed E-state index contributed by atoms with van der Waals surface area (Å²) < 4.78 is 7.47. The lowest BCUT2D eigenvalue weighted by Gasteiger charge is -2.32. The summed E-state index contributed by atoms with van der Waals surface area (Å²) in [5.41, 5.74) is 1.82. The van der Waals surface area contributed by atoms with Crippen molar-refractivity contribution in [2.45, 2.75) is 38.3 Å². The molecule has 31 heavy (non-hydrogen) atoms. The van der Waals surface area contributed by atoms with E-state index in [-0.39, 0.29) is 12.0 Å². The Bertz CT molecular complexity index is 950. The molecule has 2 aromatic rings. The zero-order valence-electron chi connectivity index (χ0n) is 17.4. The Hall–Kier alpha value is -2.09. The lowest BCUT2D eigenvalue weighted by atomic mass is 9.92. The lowest BCUT2D eigenvalue weighted by Crippen LogP contribution is -2.48. The van der Waals surface area contributed by atoms with Crippen LogP contribution < -0.4 is 5.32 Å². The number of amides is 2. The van der Waals surface area contributed by atoms with E-state index in [0.29, 0.717) is 41.9 Å². The molecule has 2 amide bonds. The van der Waals surface area contributed by atoms with Gasteiger partial charge in [-0.3, -0.25) is 14.3 Å². The molecule has 2 saturated heterocycles. The number of piperidine rings is 1. The summed E-state index contributed by atoms with van der Waals surface area (Å²) in [4.78, 5) is 27.4. The van der Waals surface area contributed by atoms with Crippen molar-refractivity contribution < 1.29 is 14.3 Å². The molecule has 2 fully saturated rings. The van der Waals surface area contributed by atoms with Crippen molar-refractivity contribution in [3.8, 4) is 0 Å². The highest BCUT2D eigenvalue weighted by Gasteiger charge is 2.34. The van der Waals surface area contributed by atoms with E-state index in [0.717, 1.165) is 24.8 Å². The molecule has 0 radical (unpaired) electrons. The molecule has 7 nitrogen and oxygen atoms in total. The summed E-state index contributed by atoms with van der Waals surface area (Å²) in [7, 11) is 0. The highest BCUT2D eigenvalue weighted by atomic mass is 35.5. The van der Waals surface area contributed by atoms with Crippen molar-refractivity contribution in [2.75, 3.05) is 26.3 Å². The molecule has 0 saturated carbocycles. The topological polar surface area (TPSA) is 76.5 Å². The number of aromatic nitrogens is 2. The van der Waals surface area contributed by atoms with Crippen LogP contribution in [0, 0.1) is 12.8 Å². The molecular weight excluding hydrogens is 439 g/mol. The average molecular weight is 465 g/mol. The standard InChI is InChI=1S/C22H26Cl2N4O3/c1-14-11-25-28(12-14)17-4-7-27(8-5-17)22(30)21(29)26-20(15-6-9-31-13-15)18-10-16(23)2-3-19(18)24/h2-3,10-12,15,17,20H,4-9,13H2,1H3,(H,26,29). The van der Waals surface area contributed by atoms with Crippen LogP contribution in [0.2, 0.25) is 10.0 Å². The fraction of sp³-hybridized carbons (Fsp3) is 0.500. The molecule has 3 heterocycles. The molecule has 0 aliphatic carbocycles. The maximum absolute atomic E-state index is 12.9. The van der Waals surface area contributed by atoms with Gasteiger partial charge in [-0.15, -0.1) is 0 Å². The maximum Gasteiger partial charge on any atom is 0.311 e. The number of carbonyl (C=O) groups is 2. The highest BCUT2D eigenvalue weighted by molar-refractivity contribution is 6.35. The second-order valence-electron chi connectivity index (χ2n) is 8.26. The minimum atomic E-state index is -0.624. The van der Waals surface area contributed by atoms with Crippen LogP contribution in [-0.4, -0.2) is 52.8 Å². The quantitative estimate of drug-likeness (QED) is 0.701. The average Bonchev–Trinajstić information content (AvgIpc) is 3.45. The van der Waals surface area contributed by atoms with Crippen molar-refractivity contribution in [1.29, 1.82) is 0 Å². The molecule has 2 aliphatic heterocycles. The number of nitrogens with one attached hydrogen (secondary N) is 1. The van der Waals surface area contributed by atoms with Gasteiger partial charge in [0.2, 0.25) is 0 Å². The van der Waals surface area contributed by atoms with E-state index in [4.69, 9.17) is 27.9 Å². The van der Waals surface area contributed by atoms with Crippen LogP contribution in [0.5, 0.6) is 0 Å². The number of ether oxygens (including phenoxy) is 1. The van der Waals surface area contributed by atoms with E-state index in [2.05, 4.69) is 10.4 Å². The summed E-state index contributed by atoms with van der Waals surface area (Å²) in [6.07, 6.45) is 6.15. The third-order valence-corrected chi connectivity index (χ3v) is 6.65. The summed E-state index contributed by atoms with van der Waals surface area (Å²) in [5.74, 6) is -1.11. The van der Waals surface area contributed by atoms with Crippen molar-refractivity contribution in [2.24, 2.45) is 5.92 Å².